The maximum Gasteiger partial charge on any atom is 0.432 e. The van der Waals surface area contributed by atoms with Crippen molar-refractivity contribution in [1.82, 2.24) is 24.7 Å². The molecule has 1 N–H and O–H groups in total. The van der Waals surface area contributed by atoms with E-state index in [4.69, 9.17) is 27.7 Å². The van der Waals surface area contributed by atoms with Crippen molar-refractivity contribution >= 4 is 39.9 Å². The molecule has 0 atom stereocenters. The molecule has 5 rings (SSSR count). The third-order valence-electron chi connectivity index (χ3n) is 5.32. The van der Waals surface area contributed by atoms with Crippen LogP contribution in [0.1, 0.15) is 27.5 Å². The number of aromatic hydroxyl groups is 1. The Kier molecular flexibility index (Phi) is 5.89. The van der Waals surface area contributed by atoms with Crippen molar-refractivity contribution in [2.75, 3.05) is 0 Å². The van der Waals surface area contributed by atoms with E-state index in [2.05, 4.69) is 20.1 Å². The van der Waals surface area contributed by atoms with E-state index in [0.29, 0.717) is 10.6 Å². The van der Waals surface area contributed by atoms with Crippen LogP contribution in [0.25, 0.3) is 22.4 Å². The number of carbonyl (C=O) groups is 1. The summed E-state index contributed by atoms with van der Waals surface area (Å²) in [7, 11) is 0. The van der Waals surface area contributed by atoms with E-state index >= 15 is 0 Å². The molecule has 0 fully saturated rings. The van der Waals surface area contributed by atoms with Gasteiger partial charge in [-0.05, 0) is 42.0 Å². The fraction of sp³-hybridized carbons (Fsp3) is 0.0870. The molecule has 3 heterocycles. The van der Waals surface area contributed by atoms with E-state index in [1.165, 1.54) is 48.9 Å². The van der Waals surface area contributed by atoms with Crippen LogP contribution in [0.2, 0.25) is 10.0 Å². The fourth-order valence-corrected chi connectivity index (χ4v) is 4.27. The van der Waals surface area contributed by atoms with Gasteiger partial charge in [0.25, 0.3) is 11.7 Å². The lowest BCUT2D eigenvalue weighted by atomic mass is 10.1. The number of benzene rings is 2. The van der Waals surface area contributed by atoms with Gasteiger partial charge in [-0.15, -0.1) is 0 Å². The van der Waals surface area contributed by atoms with E-state index in [9.17, 15) is 23.1 Å². The van der Waals surface area contributed by atoms with Gasteiger partial charge in [-0.2, -0.15) is 18.2 Å². The molecule has 0 aliphatic heterocycles. The number of halogens is 5. The summed E-state index contributed by atoms with van der Waals surface area (Å²) in [4.78, 5) is 25.0. The van der Waals surface area contributed by atoms with Crippen LogP contribution in [0.15, 0.2) is 59.5 Å². The third-order valence-corrected chi connectivity index (χ3v) is 5.90. The second-order valence-electron chi connectivity index (χ2n) is 7.59. The second kappa shape index (κ2) is 8.92. The number of phenolic OH excluding ortho intramolecular Hbond substituents is 1. The number of hydrogen-bond donors (Lipinski definition) is 1. The molecule has 36 heavy (non-hydrogen) atoms. The average molecular weight is 534 g/mol. The monoisotopic (exact) mass is 533 g/mol. The quantitative estimate of drug-likeness (QED) is 0.285. The zero-order valence-corrected chi connectivity index (χ0v) is 19.3. The number of carbonyl (C=O) groups excluding carboxylic acids is 1. The Morgan fingerprint density at radius 2 is 1.92 bits per heavy atom. The lowest BCUT2D eigenvalue weighted by Crippen LogP contribution is -2.19. The number of ketones is 1. The van der Waals surface area contributed by atoms with Crippen molar-refractivity contribution in [3.8, 4) is 17.3 Å². The summed E-state index contributed by atoms with van der Waals surface area (Å²) in [5.41, 5.74) is -1.44. The van der Waals surface area contributed by atoms with Gasteiger partial charge >= 0.3 is 6.18 Å². The first-order valence-electron chi connectivity index (χ1n) is 10.1. The van der Waals surface area contributed by atoms with Crippen LogP contribution in [0, 0.1) is 0 Å². The predicted molar refractivity (Wildman–Crippen MR) is 123 cm³/mol. The van der Waals surface area contributed by atoms with Crippen molar-refractivity contribution in [1.29, 1.82) is 0 Å². The lowest BCUT2D eigenvalue weighted by molar-refractivity contribution is -0.143. The van der Waals surface area contributed by atoms with Gasteiger partial charge in [0.2, 0.25) is 5.82 Å². The summed E-state index contributed by atoms with van der Waals surface area (Å²) in [5.74, 6) is -2.29. The number of rotatable bonds is 5. The van der Waals surface area contributed by atoms with E-state index in [1.54, 1.807) is 0 Å². The molecule has 8 nitrogen and oxygen atoms in total. The molecule has 0 bridgehead atoms. The first-order chi connectivity index (χ1) is 17.1. The molecular weight excluding hydrogens is 522 g/mol. The number of fused-ring (bicyclic) bond motifs is 1. The summed E-state index contributed by atoms with van der Waals surface area (Å²) < 4.78 is 49.4. The zero-order valence-electron chi connectivity index (χ0n) is 17.8. The van der Waals surface area contributed by atoms with Gasteiger partial charge in [0, 0.05) is 33.7 Å². The summed E-state index contributed by atoms with van der Waals surface area (Å²) in [5, 5.41) is 14.0. The molecule has 0 spiro atoms. The Hall–Kier alpha value is -3.96. The highest BCUT2D eigenvalue weighted by Gasteiger charge is 2.42. The predicted octanol–water partition coefficient (Wildman–Crippen LogP) is 5.79. The van der Waals surface area contributed by atoms with Gasteiger partial charge in [-0.25, -0.2) is 9.97 Å². The third kappa shape index (κ3) is 4.27. The lowest BCUT2D eigenvalue weighted by Gasteiger charge is -2.15. The highest BCUT2D eigenvalue weighted by molar-refractivity contribution is 6.35. The zero-order chi connectivity index (χ0) is 25.6. The minimum atomic E-state index is -4.98. The molecule has 0 saturated carbocycles. The van der Waals surface area contributed by atoms with Crippen LogP contribution in [-0.2, 0) is 12.7 Å². The Labute approximate surface area is 209 Å². The molecule has 0 saturated heterocycles. The Balaban J connectivity index is 1.71. The smallest absolute Gasteiger partial charge is 0.432 e. The molecule has 0 radical (unpaired) electrons. The van der Waals surface area contributed by atoms with Crippen LogP contribution < -0.4 is 0 Å². The van der Waals surface area contributed by atoms with E-state index in [0.717, 1.165) is 10.6 Å². The first kappa shape index (κ1) is 23.8. The van der Waals surface area contributed by atoms with Gasteiger partial charge < -0.3 is 14.2 Å². The molecule has 13 heteroatoms. The van der Waals surface area contributed by atoms with Crippen molar-refractivity contribution in [3.05, 3.63) is 87.7 Å². The van der Waals surface area contributed by atoms with Gasteiger partial charge in [0.15, 0.2) is 0 Å². The van der Waals surface area contributed by atoms with Crippen LogP contribution in [-0.4, -0.2) is 35.6 Å². The molecule has 3 aromatic heterocycles. The SMILES string of the molecule is O=C(c1nc(-c2ccncn2)no1)c1c(C(F)(F)F)n(Cc2ccc(Cl)cc2Cl)c2ccc(O)cc12. The number of alkyl halides is 3. The van der Waals surface area contributed by atoms with Gasteiger partial charge in [0.05, 0.1) is 5.56 Å². The normalized spacial score (nSPS) is 11.8. The fourth-order valence-electron chi connectivity index (χ4n) is 3.80. The summed E-state index contributed by atoms with van der Waals surface area (Å²) >= 11 is 12.1. The minimum Gasteiger partial charge on any atom is -0.508 e. The number of nitrogens with zero attached hydrogens (tertiary/aromatic N) is 5. The van der Waals surface area contributed by atoms with E-state index < -0.39 is 29.1 Å². The molecule has 0 aliphatic rings. The van der Waals surface area contributed by atoms with E-state index in [1.807, 2.05) is 0 Å². The maximum absolute atomic E-state index is 14.5. The van der Waals surface area contributed by atoms with Gasteiger partial charge in [0.1, 0.15) is 23.5 Å². The topological polar surface area (TPSA) is 107 Å². The summed E-state index contributed by atoms with van der Waals surface area (Å²) in [6.45, 7) is -0.338. The largest absolute Gasteiger partial charge is 0.508 e. The molecule has 182 valence electrons. The first-order valence-corrected chi connectivity index (χ1v) is 10.9. The Morgan fingerprint density at radius 1 is 1.11 bits per heavy atom. The average Bonchev–Trinajstić information content (AvgIpc) is 3.44. The maximum atomic E-state index is 14.5. The number of phenols is 1. The van der Waals surface area contributed by atoms with Crippen LogP contribution >= 0.6 is 23.2 Å². The Bertz CT molecular complexity index is 1620. The van der Waals surface area contributed by atoms with Crippen LogP contribution in [0.5, 0.6) is 5.75 Å². The van der Waals surface area contributed by atoms with Crippen molar-refractivity contribution < 1.29 is 27.6 Å². The molecule has 0 aliphatic carbocycles. The van der Waals surface area contributed by atoms with E-state index in [-0.39, 0.29) is 39.7 Å². The van der Waals surface area contributed by atoms with Crippen molar-refractivity contribution in [2.24, 2.45) is 0 Å². The van der Waals surface area contributed by atoms with Crippen molar-refractivity contribution in [3.63, 3.8) is 0 Å². The highest BCUT2D eigenvalue weighted by Crippen LogP contribution is 2.41. The second-order valence-corrected chi connectivity index (χ2v) is 8.44. The molecule has 0 unspecified atom stereocenters. The summed E-state index contributed by atoms with van der Waals surface area (Å²) in [6.07, 6.45) is -2.36. The highest BCUT2D eigenvalue weighted by atomic mass is 35.5. The number of aromatic nitrogens is 5. The van der Waals surface area contributed by atoms with Crippen LogP contribution in [0.3, 0.4) is 0 Å². The molecular formula is C23H12Cl2F3N5O3. The standard InChI is InChI=1S/C23H12Cl2F3N5O3/c24-12-2-1-11(15(25)7-12)9-33-17-4-3-13(34)8-14(17)18(20(33)23(26,27)28)19(35)22-31-21(32-36-22)16-5-6-29-10-30-16/h1-8,10,34H,9H2. The minimum absolute atomic E-state index is 0.0324. The van der Waals surface area contributed by atoms with Gasteiger partial charge in [-0.1, -0.05) is 34.4 Å². The number of hydrogen-bond acceptors (Lipinski definition) is 7. The molecule has 5 aromatic rings. The Morgan fingerprint density at radius 3 is 2.61 bits per heavy atom. The van der Waals surface area contributed by atoms with Crippen molar-refractivity contribution in [2.45, 2.75) is 12.7 Å². The molecule has 2 aromatic carbocycles. The summed E-state index contributed by atoms with van der Waals surface area (Å²) in [6, 6.07) is 9.40. The molecule has 0 amide bonds. The van der Waals surface area contributed by atoms with Gasteiger partial charge in [-0.3, -0.25) is 4.79 Å². The van der Waals surface area contributed by atoms with Crippen LogP contribution in [0.4, 0.5) is 13.2 Å².